The van der Waals surface area contributed by atoms with E-state index in [0.29, 0.717) is 6.54 Å². The van der Waals surface area contributed by atoms with E-state index in [4.69, 9.17) is 4.98 Å². The van der Waals surface area contributed by atoms with Crippen molar-refractivity contribution in [2.45, 2.75) is 39.2 Å². The van der Waals surface area contributed by atoms with Crippen LogP contribution in [0.25, 0.3) is 10.2 Å². The quantitative estimate of drug-likeness (QED) is 0.788. The lowest BCUT2D eigenvalue weighted by atomic mass is 9.97. The molecule has 1 fully saturated rings. The first-order chi connectivity index (χ1) is 12.2. The summed E-state index contributed by atoms with van der Waals surface area (Å²) in [4.78, 5) is 25.3. The van der Waals surface area contributed by atoms with Gasteiger partial charge in [-0.25, -0.2) is 4.98 Å². The Morgan fingerprint density at radius 3 is 2.68 bits per heavy atom. The summed E-state index contributed by atoms with van der Waals surface area (Å²) < 4.78 is 1.83. The standard InChI is InChI=1S/C19H26N4OS/c1-3-9-23-18(24)16-14-7-5-6-8-15(14)25-17(16)20-19(23)22-12-10-21(4-2)11-13-22/h3H,1,4-13H2,2H3. The lowest BCUT2D eigenvalue weighted by molar-refractivity contribution is 0.269. The molecule has 2 aliphatic rings. The van der Waals surface area contributed by atoms with Gasteiger partial charge in [-0.05, 0) is 37.8 Å². The first-order valence-corrected chi connectivity index (χ1v) is 10.2. The maximum Gasteiger partial charge on any atom is 0.264 e. The van der Waals surface area contributed by atoms with Crippen molar-refractivity contribution in [2.75, 3.05) is 37.6 Å². The summed E-state index contributed by atoms with van der Waals surface area (Å²) in [6, 6.07) is 0. The zero-order valence-corrected chi connectivity index (χ0v) is 15.8. The summed E-state index contributed by atoms with van der Waals surface area (Å²) in [6.07, 6.45) is 6.34. The highest BCUT2D eigenvalue weighted by molar-refractivity contribution is 7.18. The molecule has 0 atom stereocenters. The third-order valence-electron chi connectivity index (χ3n) is 5.47. The normalized spacial score (nSPS) is 18.5. The number of hydrogen-bond donors (Lipinski definition) is 0. The zero-order chi connectivity index (χ0) is 17.4. The molecular weight excluding hydrogens is 332 g/mol. The number of piperazine rings is 1. The van der Waals surface area contributed by atoms with Crippen molar-refractivity contribution < 1.29 is 0 Å². The Morgan fingerprint density at radius 2 is 1.96 bits per heavy atom. The van der Waals surface area contributed by atoms with E-state index in [9.17, 15) is 4.79 Å². The van der Waals surface area contributed by atoms with Crippen LogP contribution in [-0.2, 0) is 19.4 Å². The van der Waals surface area contributed by atoms with Crippen LogP contribution < -0.4 is 10.5 Å². The number of hydrogen-bond acceptors (Lipinski definition) is 5. The van der Waals surface area contributed by atoms with Crippen molar-refractivity contribution in [1.82, 2.24) is 14.5 Å². The molecule has 1 saturated heterocycles. The molecule has 134 valence electrons. The van der Waals surface area contributed by atoms with Crippen LogP contribution in [-0.4, -0.2) is 47.2 Å². The van der Waals surface area contributed by atoms with Gasteiger partial charge in [0.25, 0.3) is 5.56 Å². The average Bonchev–Trinajstić information content (AvgIpc) is 3.02. The van der Waals surface area contributed by atoms with Crippen LogP contribution in [0.5, 0.6) is 0 Å². The molecule has 6 heteroatoms. The minimum Gasteiger partial charge on any atom is -0.340 e. The second-order valence-corrected chi connectivity index (χ2v) is 8.01. The second-order valence-electron chi connectivity index (χ2n) is 6.93. The number of nitrogens with zero attached hydrogens (tertiary/aromatic N) is 4. The molecule has 1 aliphatic carbocycles. The van der Waals surface area contributed by atoms with E-state index in [0.717, 1.165) is 61.7 Å². The molecule has 25 heavy (non-hydrogen) atoms. The number of allylic oxidation sites excluding steroid dienone is 1. The predicted octanol–water partition coefficient (Wildman–Crippen LogP) is 2.66. The van der Waals surface area contributed by atoms with Gasteiger partial charge >= 0.3 is 0 Å². The Morgan fingerprint density at radius 1 is 1.20 bits per heavy atom. The van der Waals surface area contributed by atoms with Gasteiger partial charge in [-0.1, -0.05) is 13.0 Å². The summed E-state index contributed by atoms with van der Waals surface area (Å²) in [7, 11) is 0. The van der Waals surface area contributed by atoms with Crippen molar-refractivity contribution in [3.8, 4) is 0 Å². The van der Waals surface area contributed by atoms with E-state index >= 15 is 0 Å². The molecule has 0 spiro atoms. The van der Waals surface area contributed by atoms with E-state index in [-0.39, 0.29) is 5.56 Å². The predicted molar refractivity (Wildman–Crippen MR) is 105 cm³/mol. The zero-order valence-electron chi connectivity index (χ0n) is 15.0. The molecule has 4 rings (SSSR count). The Labute approximate surface area is 152 Å². The van der Waals surface area contributed by atoms with Crippen LogP contribution in [0, 0.1) is 0 Å². The molecule has 3 heterocycles. The number of anilines is 1. The lowest BCUT2D eigenvalue weighted by Gasteiger charge is -2.35. The minimum absolute atomic E-state index is 0.122. The van der Waals surface area contributed by atoms with Crippen molar-refractivity contribution in [3.05, 3.63) is 33.4 Å². The smallest absolute Gasteiger partial charge is 0.264 e. The van der Waals surface area contributed by atoms with Crippen molar-refractivity contribution in [3.63, 3.8) is 0 Å². The fourth-order valence-corrected chi connectivity index (χ4v) is 5.27. The van der Waals surface area contributed by atoms with Gasteiger partial charge < -0.3 is 9.80 Å². The summed E-state index contributed by atoms with van der Waals surface area (Å²) in [6.45, 7) is 11.6. The number of likely N-dealkylation sites (N-methyl/N-ethyl adjacent to an activating group) is 1. The van der Waals surface area contributed by atoms with Crippen LogP contribution in [0.1, 0.15) is 30.2 Å². The van der Waals surface area contributed by atoms with Gasteiger partial charge in [0, 0.05) is 37.6 Å². The Hall–Kier alpha value is -1.66. The Kier molecular flexibility index (Phi) is 4.65. The van der Waals surface area contributed by atoms with Gasteiger partial charge in [-0.2, -0.15) is 0 Å². The number of fused-ring (bicyclic) bond motifs is 3. The molecule has 5 nitrogen and oxygen atoms in total. The van der Waals surface area contributed by atoms with E-state index < -0.39 is 0 Å². The summed E-state index contributed by atoms with van der Waals surface area (Å²) in [5.74, 6) is 0.826. The molecule has 2 aromatic heterocycles. The van der Waals surface area contributed by atoms with Gasteiger partial charge in [-0.15, -0.1) is 17.9 Å². The van der Waals surface area contributed by atoms with Crippen LogP contribution in [0.4, 0.5) is 5.95 Å². The molecule has 0 N–H and O–H groups in total. The fraction of sp³-hybridized carbons (Fsp3) is 0.579. The van der Waals surface area contributed by atoms with E-state index in [1.165, 1.54) is 23.3 Å². The molecular formula is C19H26N4OS. The fourth-order valence-electron chi connectivity index (χ4n) is 4.03. The number of aryl methyl sites for hydroxylation is 2. The van der Waals surface area contributed by atoms with Crippen molar-refractivity contribution in [1.29, 1.82) is 0 Å². The highest BCUT2D eigenvalue weighted by Gasteiger charge is 2.25. The van der Waals surface area contributed by atoms with Gasteiger partial charge in [0.1, 0.15) is 4.83 Å². The SMILES string of the molecule is C=CCn1c(N2CCN(CC)CC2)nc2sc3c(c2c1=O)CCCC3. The van der Waals surface area contributed by atoms with Gasteiger partial charge in [0.15, 0.2) is 0 Å². The lowest BCUT2D eigenvalue weighted by Crippen LogP contribution is -2.48. The van der Waals surface area contributed by atoms with Crippen LogP contribution >= 0.6 is 11.3 Å². The third-order valence-corrected chi connectivity index (χ3v) is 6.65. The van der Waals surface area contributed by atoms with Crippen LogP contribution in [0.2, 0.25) is 0 Å². The summed E-state index contributed by atoms with van der Waals surface area (Å²) in [5, 5.41) is 0.873. The molecule has 0 saturated carbocycles. The molecule has 1 aliphatic heterocycles. The molecule has 0 bridgehead atoms. The number of rotatable bonds is 4. The van der Waals surface area contributed by atoms with Crippen LogP contribution in [0.15, 0.2) is 17.4 Å². The van der Waals surface area contributed by atoms with Gasteiger partial charge in [0.2, 0.25) is 5.95 Å². The largest absolute Gasteiger partial charge is 0.340 e. The Balaban J connectivity index is 1.82. The highest BCUT2D eigenvalue weighted by Crippen LogP contribution is 2.34. The second kappa shape index (κ2) is 6.92. The van der Waals surface area contributed by atoms with E-state index in [2.05, 4.69) is 23.3 Å². The molecule has 2 aromatic rings. The van der Waals surface area contributed by atoms with E-state index in [1.54, 1.807) is 17.4 Å². The molecule has 0 aromatic carbocycles. The number of thiophene rings is 1. The molecule has 0 amide bonds. The van der Waals surface area contributed by atoms with Crippen LogP contribution in [0.3, 0.4) is 0 Å². The van der Waals surface area contributed by atoms with E-state index in [1.807, 2.05) is 4.57 Å². The highest BCUT2D eigenvalue weighted by atomic mass is 32.1. The van der Waals surface area contributed by atoms with Crippen molar-refractivity contribution >= 4 is 27.5 Å². The summed E-state index contributed by atoms with van der Waals surface area (Å²) >= 11 is 1.74. The number of aromatic nitrogens is 2. The topological polar surface area (TPSA) is 41.4 Å². The maximum atomic E-state index is 13.3. The Bertz CT molecular complexity index is 845. The van der Waals surface area contributed by atoms with Gasteiger partial charge in [0.05, 0.1) is 5.39 Å². The summed E-state index contributed by atoms with van der Waals surface area (Å²) in [5.41, 5.74) is 1.39. The first-order valence-electron chi connectivity index (χ1n) is 9.36. The third kappa shape index (κ3) is 2.91. The first kappa shape index (κ1) is 16.8. The van der Waals surface area contributed by atoms with Crippen molar-refractivity contribution in [2.24, 2.45) is 0 Å². The van der Waals surface area contributed by atoms with Gasteiger partial charge in [-0.3, -0.25) is 9.36 Å². The minimum atomic E-state index is 0.122. The maximum absolute atomic E-state index is 13.3. The average molecular weight is 359 g/mol. The monoisotopic (exact) mass is 358 g/mol. The molecule has 0 unspecified atom stereocenters. The molecule has 0 radical (unpaired) electrons.